The minimum Gasteiger partial charge on any atom is -0.379 e. The fraction of sp³-hybridized carbons (Fsp3) is 1.00. The van der Waals surface area contributed by atoms with E-state index < -0.39 is 20.2 Å². The van der Waals surface area contributed by atoms with Crippen LogP contribution < -0.4 is 0 Å². The fourth-order valence-corrected chi connectivity index (χ4v) is 6.18. The molecule has 0 aliphatic rings. The Morgan fingerprint density at radius 2 is 0.766 bits per heavy atom. The van der Waals surface area contributed by atoms with Crippen LogP contribution in [-0.4, -0.2) is 103 Å². The van der Waals surface area contributed by atoms with Gasteiger partial charge in [-0.1, -0.05) is 117 Å². The SMILES string of the molecule is CCCCCCCCCCC(COCC(CCCCCCCCCC)OCCOCCCS(=O)(=O)O)OCCOCCCS(=O)(=O)O. The van der Waals surface area contributed by atoms with Gasteiger partial charge in [0.05, 0.1) is 63.4 Å². The Kier molecular flexibility index (Phi) is 32.5. The smallest absolute Gasteiger partial charge is 0.264 e. The summed E-state index contributed by atoms with van der Waals surface area (Å²) in [6, 6.07) is 0. The predicted molar refractivity (Wildman–Crippen MR) is 188 cm³/mol. The molecule has 2 N–H and O–H groups in total. The Hall–Kier alpha value is -0.380. The second-order valence-corrected chi connectivity index (χ2v) is 15.7. The molecular formula is C34H70O11S2. The van der Waals surface area contributed by atoms with E-state index in [1.165, 1.54) is 77.0 Å². The van der Waals surface area contributed by atoms with Crippen molar-refractivity contribution in [2.24, 2.45) is 0 Å². The molecule has 0 heterocycles. The van der Waals surface area contributed by atoms with Crippen LogP contribution in [0.2, 0.25) is 0 Å². The van der Waals surface area contributed by atoms with Crippen molar-refractivity contribution in [1.29, 1.82) is 0 Å². The van der Waals surface area contributed by atoms with Gasteiger partial charge in [-0.25, -0.2) is 0 Å². The third-order valence-electron chi connectivity index (χ3n) is 7.91. The molecule has 0 aromatic heterocycles. The molecule has 0 aliphatic heterocycles. The number of ether oxygens (including phenoxy) is 5. The molecule has 2 unspecified atom stereocenters. The van der Waals surface area contributed by atoms with Gasteiger partial charge in [0.25, 0.3) is 20.2 Å². The van der Waals surface area contributed by atoms with Gasteiger partial charge < -0.3 is 23.7 Å². The molecule has 0 bridgehead atoms. The third kappa shape index (κ3) is 38.3. The standard InChI is InChI=1S/C34H70O11S2/c1-3-5-7-9-11-13-15-17-21-33(44-27-25-41-23-19-29-46(35,36)37)31-43-32-34(22-18-16-14-12-10-8-6-4-2)45-28-26-42-24-20-30-47(38,39)40/h33-34H,3-32H2,1-2H3,(H,35,36,37)(H,38,39,40). The largest absolute Gasteiger partial charge is 0.379 e. The van der Waals surface area contributed by atoms with Gasteiger partial charge in [-0.15, -0.1) is 0 Å². The molecule has 0 aliphatic carbocycles. The maximum Gasteiger partial charge on any atom is 0.264 e. The van der Waals surface area contributed by atoms with Crippen LogP contribution in [0.15, 0.2) is 0 Å². The average Bonchev–Trinajstić information content (AvgIpc) is 3.00. The van der Waals surface area contributed by atoms with Crippen LogP contribution >= 0.6 is 0 Å². The highest BCUT2D eigenvalue weighted by Crippen LogP contribution is 2.15. The van der Waals surface area contributed by atoms with Gasteiger partial charge >= 0.3 is 0 Å². The molecule has 0 spiro atoms. The summed E-state index contributed by atoms with van der Waals surface area (Å²) >= 11 is 0. The second kappa shape index (κ2) is 32.8. The first-order valence-corrected chi connectivity index (χ1v) is 21.7. The molecule has 0 saturated heterocycles. The van der Waals surface area contributed by atoms with Crippen molar-refractivity contribution in [2.75, 3.05) is 64.4 Å². The minimum absolute atomic E-state index is 0.0774. The maximum absolute atomic E-state index is 10.9. The van der Waals surface area contributed by atoms with Crippen molar-refractivity contribution in [3.63, 3.8) is 0 Å². The van der Waals surface area contributed by atoms with Gasteiger partial charge in [0, 0.05) is 13.2 Å². The zero-order valence-corrected chi connectivity index (χ0v) is 31.4. The van der Waals surface area contributed by atoms with Crippen LogP contribution in [0.5, 0.6) is 0 Å². The molecule has 0 aromatic rings. The molecule has 13 heteroatoms. The normalized spacial score (nSPS) is 13.7. The number of hydrogen-bond donors (Lipinski definition) is 2. The molecular weight excluding hydrogens is 648 g/mol. The molecule has 0 amide bonds. The van der Waals surface area contributed by atoms with E-state index in [2.05, 4.69) is 13.8 Å². The summed E-state index contributed by atoms with van der Waals surface area (Å²) in [5.41, 5.74) is 0. The van der Waals surface area contributed by atoms with Crippen LogP contribution in [0, 0.1) is 0 Å². The van der Waals surface area contributed by atoms with Crippen molar-refractivity contribution in [2.45, 2.75) is 154 Å². The van der Waals surface area contributed by atoms with Crippen molar-refractivity contribution < 1.29 is 49.6 Å². The Balaban J connectivity index is 4.69. The van der Waals surface area contributed by atoms with Gasteiger partial charge in [-0.2, -0.15) is 16.8 Å². The lowest BCUT2D eigenvalue weighted by Gasteiger charge is -2.22. The van der Waals surface area contributed by atoms with Gasteiger partial charge in [-0.05, 0) is 25.7 Å². The monoisotopic (exact) mass is 718 g/mol. The molecule has 0 fully saturated rings. The average molecular weight is 719 g/mol. The highest BCUT2D eigenvalue weighted by molar-refractivity contribution is 7.86. The molecule has 0 saturated carbocycles. The van der Waals surface area contributed by atoms with Crippen LogP contribution in [0.4, 0.5) is 0 Å². The number of hydrogen-bond acceptors (Lipinski definition) is 9. The summed E-state index contributed by atoms with van der Waals surface area (Å²) in [6.45, 7) is 7.27. The third-order valence-corrected chi connectivity index (χ3v) is 9.52. The highest BCUT2D eigenvalue weighted by Gasteiger charge is 2.14. The van der Waals surface area contributed by atoms with Crippen molar-refractivity contribution >= 4 is 20.2 Å². The molecule has 0 rings (SSSR count). The summed E-state index contributed by atoms with van der Waals surface area (Å²) in [7, 11) is -7.95. The second-order valence-electron chi connectivity index (χ2n) is 12.6. The topological polar surface area (TPSA) is 155 Å². The summed E-state index contributed by atoms with van der Waals surface area (Å²) in [5.74, 6) is -0.629. The Labute approximate surface area is 288 Å². The van der Waals surface area contributed by atoms with E-state index in [-0.39, 0.29) is 49.8 Å². The van der Waals surface area contributed by atoms with Crippen LogP contribution in [0.3, 0.4) is 0 Å². The van der Waals surface area contributed by atoms with E-state index in [4.69, 9.17) is 32.8 Å². The summed E-state index contributed by atoms with van der Waals surface area (Å²) in [6.07, 6.45) is 21.8. The minimum atomic E-state index is -3.97. The molecule has 11 nitrogen and oxygen atoms in total. The zero-order valence-electron chi connectivity index (χ0n) is 29.8. The Bertz CT molecular complexity index is 799. The first kappa shape index (κ1) is 46.6. The van der Waals surface area contributed by atoms with E-state index in [0.29, 0.717) is 39.6 Å². The molecule has 0 radical (unpaired) electrons. The van der Waals surface area contributed by atoms with Crippen molar-refractivity contribution in [3.8, 4) is 0 Å². The summed E-state index contributed by atoms with van der Waals surface area (Å²) < 4.78 is 90.5. The van der Waals surface area contributed by atoms with Crippen LogP contribution in [-0.2, 0) is 43.9 Å². The predicted octanol–water partition coefficient (Wildman–Crippen LogP) is 7.42. The van der Waals surface area contributed by atoms with E-state index >= 15 is 0 Å². The lowest BCUT2D eigenvalue weighted by Crippen LogP contribution is -2.27. The van der Waals surface area contributed by atoms with Crippen LogP contribution in [0.1, 0.15) is 142 Å². The van der Waals surface area contributed by atoms with E-state index in [9.17, 15) is 16.8 Å². The molecule has 0 aromatic carbocycles. The lowest BCUT2D eigenvalue weighted by atomic mass is 10.1. The Morgan fingerprint density at radius 3 is 1.11 bits per heavy atom. The van der Waals surface area contributed by atoms with Crippen molar-refractivity contribution in [1.82, 2.24) is 0 Å². The maximum atomic E-state index is 10.9. The van der Waals surface area contributed by atoms with Gasteiger partial charge in [0.1, 0.15) is 0 Å². The van der Waals surface area contributed by atoms with Gasteiger partial charge in [0.15, 0.2) is 0 Å². The molecule has 2 atom stereocenters. The van der Waals surface area contributed by atoms with Gasteiger partial charge in [-0.3, -0.25) is 9.11 Å². The molecule has 284 valence electrons. The van der Waals surface area contributed by atoms with E-state index in [1.807, 2.05) is 0 Å². The Morgan fingerprint density at radius 1 is 0.426 bits per heavy atom. The van der Waals surface area contributed by atoms with Crippen LogP contribution in [0.25, 0.3) is 0 Å². The zero-order chi connectivity index (χ0) is 34.9. The quantitative estimate of drug-likeness (QED) is 0.0484. The first-order valence-electron chi connectivity index (χ1n) is 18.4. The molecule has 47 heavy (non-hydrogen) atoms. The highest BCUT2D eigenvalue weighted by atomic mass is 32.2. The van der Waals surface area contributed by atoms with Gasteiger partial charge in [0.2, 0.25) is 0 Å². The van der Waals surface area contributed by atoms with E-state index in [1.54, 1.807) is 0 Å². The number of rotatable bonds is 38. The fourth-order valence-electron chi connectivity index (χ4n) is 5.21. The summed E-state index contributed by atoms with van der Waals surface area (Å²) in [4.78, 5) is 0. The van der Waals surface area contributed by atoms with E-state index in [0.717, 1.165) is 38.5 Å². The van der Waals surface area contributed by atoms with Crippen molar-refractivity contribution in [3.05, 3.63) is 0 Å². The first-order chi connectivity index (χ1) is 22.6. The summed E-state index contributed by atoms with van der Waals surface area (Å²) in [5, 5.41) is 0. The lowest BCUT2D eigenvalue weighted by molar-refractivity contribution is -0.0764. The number of unbranched alkanes of at least 4 members (excludes halogenated alkanes) is 14.